The van der Waals surface area contributed by atoms with Gasteiger partial charge in [0.15, 0.2) is 6.10 Å². The van der Waals surface area contributed by atoms with Gasteiger partial charge in [-0.15, -0.1) is 0 Å². The number of carbonyl (C=O) groups is 3. The standard InChI is InChI=1S/C50H87N3O18P2/c1-4-5-18-24-37(54)28-29-39-41(55)32-42(56)40-25-20-16-17-21-26-45(57)66-33-38(69-46(58)27-22-15-13-11-9-7-6-8-10-12-14-19-23-36(2)3)34-67-72(62,63)71-73(64,65)68-35-43(48(60)47(39)59)70-49(40)53-31-30-44(51)52-50(53)61/h28-31,36-40,42-43,47-49,54,56,59-60H,4-27,32-35H2,1-3H3,(H,62,63)(H,64,65)(H2,51,52,61)/b29-28+/t37-,38+,39-,40-,42-,43+,47-,48+,49+/m0/s1. The molecule has 23 heteroatoms. The largest absolute Gasteiger partial charge is 0.481 e. The van der Waals surface area contributed by atoms with Gasteiger partial charge in [0.05, 0.1) is 37.4 Å². The number of phosphoric acid groups is 2. The fourth-order valence-electron chi connectivity index (χ4n) is 8.93. The number of nitrogens with two attached hydrogens (primary N) is 1. The van der Waals surface area contributed by atoms with Crippen LogP contribution < -0.4 is 11.4 Å². The Labute approximate surface area is 431 Å². The van der Waals surface area contributed by atoms with Gasteiger partial charge in [0.2, 0.25) is 0 Å². The zero-order chi connectivity index (χ0) is 53.8. The summed E-state index contributed by atoms with van der Waals surface area (Å²) in [7, 11) is -11.3. The number of hydrogen-bond acceptors (Lipinski definition) is 18. The maximum Gasteiger partial charge on any atom is 0.481 e. The monoisotopic (exact) mass is 1080 g/mol. The third-order valence-corrected chi connectivity index (χ3v) is 15.8. The van der Waals surface area contributed by atoms with E-state index < -0.39 is 120 Å². The molecule has 8 N–H and O–H groups in total. The molecule has 420 valence electrons. The number of ether oxygens (including phenoxy) is 3. The molecule has 2 bridgehead atoms. The van der Waals surface area contributed by atoms with E-state index in [9.17, 15) is 58.5 Å². The quantitative estimate of drug-likeness (QED) is 0.0239. The fourth-order valence-corrected chi connectivity index (χ4v) is 11.0. The third-order valence-electron chi connectivity index (χ3n) is 13.2. The molecule has 2 aliphatic rings. The van der Waals surface area contributed by atoms with Crippen molar-refractivity contribution in [2.45, 2.75) is 224 Å². The van der Waals surface area contributed by atoms with Crippen LogP contribution in [0.15, 0.2) is 29.2 Å². The van der Waals surface area contributed by atoms with Gasteiger partial charge in [-0.2, -0.15) is 9.29 Å². The topological polar surface area (TPSA) is 323 Å². The van der Waals surface area contributed by atoms with E-state index in [4.69, 9.17) is 29.0 Å². The smallest absolute Gasteiger partial charge is 0.462 e. The molecule has 0 aliphatic carbocycles. The zero-order valence-corrected chi connectivity index (χ0v) is 45.1. The average Bonchev–Trinajstić information content (AvgIpc) is 3.31. The van der Waals surface area contributed by atoms with Crippen molar-refractivity contribution in [2.75, 3.05) is 25.6 Å². The maximum absolute atomic E-state index is 14.0. The van der Waals surface area contributed by atoms with Gasteiger partial charge in [0.1, 0.15) is 36.6 Å². The van der Waals surface area contributed by atoms with Gasteiger partial charge in [0, 0.05) is 31.4 Å². The van der Waals surface area contributed by atoms with E-state index in [1.54, 1.807) is 0 Å². The van der Waals surface area contributed by atoms with Crippen LogP contribution in [-0.2, 0) is 51.1 Å². The molecule has 73 heavy (non-hydrogen) atoms. The number of ketones is 1. The van der Waals surface area contributed by atoms with Crippen LogP contribution in [0, 0.1) is 17.8 Å². The number of Topliss-reactive ketones (excluding diaryl/α,β-unsaturated/α-hetero) is 1. The normalized spacial score (nSPS) is 29.4. The number of aliphatic hydroxyl groups is 4. The lowest BCUT2D eigenvalue weighted by Crippen LogP contribution is -2.51. The Morgan fingerprint density at radius 1 is 0.836 bits per heavy atom. The van der Waals surface area contributed by atoms with E-state index >= 15 is 0 Å². The summed E-state index contributed by atoms with van der Waals surface area (Å²) in [6.45, 7) is 3.78. The van der Waals surface area contributed by atoms with Crippen LogP contribution in [0.2, 0.25) is 0 Å². The molecule has 1 aromatic rings. The second-order valence-electron chi connectivity index (χ2n) is 20.0. The highest BCUT2D eigenvalue weighted by Crippen LogP contribution is 2.60. The highest BCUT2D eigenvalue weighted by atomic mass is 31.3. The summed E-state index contributed by atoms with van der Waals surface area (Å²) in [5, 5.41) is 45.8. The summed E-state index contributed by atoms with van der Waals surface area (Å²) in [5.74, 6) is -4.28. The van der Waals surface area contributed by atoms with Gasteiger partial charge in [0.25, 0.3) is 0 Å². The highest BCUT2D eigenvalue weighted by molar-refractivity contribution is 7.61. The molecule has 0 aromatic carbocycles. The molecule has 0 saturated carbocycles. The van der Waals surface area contributed by atoms with Gasteiger partial charge < -0.3 is 50.2 Å². The molecule has 0 amide bonds. The lowest BCUT2D eigenvalue weighted by molar-refractivity contribution is -0.188. The zero-order valence-electron chi connectivity index (χ0n) is 43.3. The van der Waals surface area contributed by atoms with E-state index in [-0.39, 0.29) is 25.1 Å². The summed E-state index contributed by atoms with van der Waals surface area (Å²) < 4.78 is 59.1. The number of carbonyl (C=O) groups excluding carboxylic acids is 3. The number of unbranched alkanes of at least 4 members (excludes halogenated alkanes) is 13. The van der Waals surface area contributed by atoms with Gasteiger partial charge in [-0.05, 0) is 37.7 Å². The number of anilines is 1. The van der Waals surface area contributed by atoms with Gasteiger partial charge in [-0.1, -0.05) is 148 Å². The van der Waals surface area contributed by atoms with Crippen LogP contribution in [-0.4, -0.2) is 114 Å². The van der Waals surface area contributed by atoms with Crippen molar-refractivity contribution >= 4 is 39.2 Å². The predicted molar refractivity (Wildman–Crippen MR) is 271 cm³/mol. The van der Waals surface area contributed by atoms with Crippen LogP contribution in [0.25, 0.3) is 0 Å². The number of fused-ring (bicyclic) bond motifs is 3. The van der Waals surface area contributed by atoms with Crippen LogP contribution in [0.5, 0.6) is 0 Å². The molecule has 2 saturated heterocycles. The van der Waals surface area contributed by atoms with Crippen molar-refractivity contribution in [3.8, 4) is 0 Å². The first kappa shape index (κ1) is 64.4. The van der Waals surface area contributed by atoms with Crippen LogP contribution in [0.3, 0.4) is 0 Å². The Balaban J connectivity index is 1.78. The lowest BCUT2D eigenvalue weighted by Gasteiger charge is -2.39. The molecule has 0 radical (unpaired) electrons. The lowest BCUT2D eigenvalue weighted by atomic mass is 9.83. The second-order valence-corrected chi connectivity index (χ2v) is 23.0. The molecule has 2 aliphatic heterocycles. The van der Waals surface area contributed by atoms with Crippen LogP contribution in [0.1, 0.15) is 188 Å². The van der Waals surface area contributed by atoms with E-state index in [0.717, 1.165) is 49.0 Å². The van der Waals surface area contributed by atoms with E-state index in [1.165, 1.54) is 75.8 Å². The third kappa shape index (κ3) is 26.1. The predicted octanol–water partition coefficient (Wildman–Crippen LogP) is 7.67. The number of esters is 2. The number of nitrogen functional groups attached to an aromatic ring is 1. The minimum Gasteiger partial charge on any atom is -0.462 e. The molecule has 11 atom stereocenters. The van der Waals surface area contributed by atoms with E-state index in [0.29, 0.717) is 44.9 Å². The number of phosphoric ester groups is 2. The first-order valence-electron chi connectivity index (χ1n) is 26.7. The number of rotatable bonds is 23. The minimum absolute atomic E-state index is 0.00637. The van der Waals surface area contributed by atoms with Crippen molar-refractivity contribution in [2.24, 2.45) is 17.8 Å². The summed E-state index contributed by atoms with van der Waals surface area (Å²) >= 11 is 0. The van der Waals surface area contributed by atoms with Gasteiger partial charge in [-0.25, -0.2) is 13.9 Å². The van der Waals surface area contributed by atoms with Crippen molar-refractivity contribution in [3.05, 3.63) is 34.9 Å². The molecule has 3 rings (SSSR count). The van der Waals surface area contributed by atoms with E-state index in [1.807, 2.05) is 6.92 Å². The van der Waals surface area contributed by atoms with Gasteiger partial charge >= 0.3 is 33.3 Å². The molecular formula is C50H87N3O18P2. The Kier molecular flexibility index (Phi) is 30.6. The summed E-state index contributed by atoms with van der Waals surface area (Å²) in [5.41, 5.74) is 4.78. The van der Waals surface area contributed by atoms with Crippen molar-refractivity contribution < 1.29 is 81.3 Å². The number of aromatic nitrogens is 2. The maximum atomic E-state index is 14.0. The number of hydrogen-bond donors (Lipinski definition) is 7. The number of cyclic esters (lactones) is 1. The van der Waals surface area contributed by atoms with Gasteiger partial charge in [-0.3, -0.25) is 28.0 Å². The van der Waals surface area contributed by atoms with Crippen molar-refractivity contribution in [1.82, 2.24) is 9.55 Å². The number of aliphatic hydroxyl groups excluding tert-OH is 4. The summed E-state index contributed by atoms with van der Waals surface area (Å²) in [6, 6.07) is 1.24. The average molecular weight is 1080 g/mol. The SMILES string of the molecule is CCCCC[C@H](O)/C=C/[C@H]1C(=O)C[C@H](O)[C@@H]2CCCCCCC(=O)OC[C@@H](OC(=O)CCCCCCCCCCCCCCC(C)C)COP(=O)(O)OP(=O)(O)OC[C@@H](O[C@H]2n2ccc(N)nc2=O)[C@@H](O)[C@H]1O. The Morgan fingerprint density at radius 3 is 2.07 bits per heavy atom. The molecular weight excluding hydrogens is 993 g/mol. The summed E-state index contributed by atoms with van der Waals surface area (Å²) in [6.07, 6.45) is 9.89. The van der Waals surface area contributed by atoms with E-state index in [2.05, 4.69) is 23.1 Å². The summed E-state index contributed by atoms with van der Waals surface area (Å²) in [4.78, 5) is 78.3. The first-order valence-corrected chi connectivity index (χ1v) is 29.7. The Bertz CT molecular complexity index is 1960. The Hall–Kier alpha value is -2.91. The fraction of sp³-hybridized carbons (Fsp3) is 0.820. The molecule has 2 unspecified atom stereocenters. The van der Waals surface area contributed by atoms with Crippen molar-refractivity contribution in [3.63, 3.8) is 0 Å². The number of nitrogens with zero attached hydrogens (tertiary/aromatic N) is 2. The molecule has 0 spiro atoms. The van der Waals surface area contributed by atoms with Crippen LogP contribution >= 0.6 is 15.6 Å². The van der Waals surface area contributed by atoms with Crippen molar-refractivity contribution in [1.29, 1.82) is 0 Å². The molecule has 21 nitrogen and oxygen atoms in total. The first-order chi connectivity index (χ1) is 34.7. The molecule has 2 fully saturated rings. The highest BCUT2D eigenvalue weighted by Gasteiger charge is 2.45. The molecule has 3 heterocycles. The van der Waals surface area contributed by atoms with Crippen LogP contribution in [0.4, 0.5) is 5.82 Å². The Morgan fingerprint density at radius 2 is 1.44 bits per heavy atom. The molecule has 1 aromatic heterocycles. The second kappa shape index (κ2) is 34.7. The minimum atomic E-state index is -5.71.